The number of carbonyl (C=O) groups is 3. The average molecular weight is 450 g/mol. The lowest BCUT2D eigenvalue weighted by Crippen LogP contribution is -2.47. The van der Waals surface area contributed by atoms with Gasteiger partial charge in [-0.1, -0.05) is 12.1 Å². The van der Waals surface area contributed by atoms with Gasteiger partial charge in [-0.05, 0) is 37.5 Å². The van der Waals surface area contributed by atoms with Crippen LogP contribution in [-0.2, 0) is 34.7 Å². The molecule has 0 spiro atoms. The molecule has 0 aliphatic carbocycles. The first-order valence-corrected chi connectivity index (χ1v) is 11.8. The van der Waals surface area contributed by atoms with E-state index in [9.17, 15) is 22.8 Å². The van der Waals surface area contributed by atoms with E-state index < -0.39 is 21.5 Å². The molecule has 1 aromatic carbocycles. The molecule has 0 aromatic heterocycles. The summed E-state index contributed by atoms with van der Waals surface area (Å²) in [5.41, 5.74) is 0.891. The molecule has 0 N–H and O–H groups in total. The zero-order chi connectivity index (χ0) is 23.0. The SMILES string of the molecule is CCOC(=O)C1CCCN(C(=O)CN(C)C(=O)CS(=O)(=O)Cc2ccc(C#N)cc2)C1. The molecule has 0 bridgehead atoms. The Morgan fingerprint density at radius 2 is 1.94 bits per heavy atom. The van der Waals surface area contributed by atoms with E-state index in [0.717, 1.165) is 4.90 Å². The van der Waals surface area contributed by atoms with Gasteiger partial charge in [0.25, 0.3) is 0 Å². The maximum atomic E-state index is 12.6. The smallest absolute Gasteiger partial charge is 0.310 e. The number of hydrogen-bond acceptors (Lipinski definition) is 7. The van der Waals surface area contributed by atoms with Gasteiger partial charge in [-0.3, -0.25) is 14.4 Å². The quantitative estimate of drug-likeness (QED) is 0.536. The first-order chi connectivity index (χ1) is 14.6. The molecule has 31 heavy (non-hydrogen) atoms. The van der Waals surface area contributed by atoms with E-state index >= 15 is 0 Å². The maximum Gasteiger partial charge on any atom is 0.310 e. The number of carbonyl (C=O) groups excluding carboxylic acids is 3. The Morgan fingerprint density at radius 1 is 1.26 bits per heavy atom. The molecule has 1 saturated heterocycles. The van der Waals surface area contributed by atoms with Gasteiger partial charge in [0.15, 0.2) is 9.84 Å². The van der Waals surface area contributed by atoms with Gasteiger partial charge in [0.1, 0.15) is 5.75 Å². The van der Waals surface area contributed by atoms with Crippen molar-refractivity contribution in [1.82, 2.24) is 9.80 Å². The summed E-state index contributed by atoms with van der Waals surface area (Å²) >= 11 is 0. The zero-order valence-electron chi connectivity index (χ0n) is 17.7. The first-order valence-electron chi connectivity index (χ1n) is 10.0. The summed E-state index contributed by atoms with van der Waals surface area (Å²) < 4.78 is 29.8. The van der Waals surface area contributed by atoms with Crippen molar-refractivity contribution in [1.29, 1.82) is 5.26 Å². The minimum absolute atomic E-state index is 0.233. The van der Waals surface area contributed by atoms with E-state index in [-0.39, 0.29) is 43.2 Å². The Hall–Kier alpha value is -2.93. The zero-order valence-corrected chi connectivity index (χ0v) is 18.6. The second-order valence-electron chi connectivity index (χ2n) is 7.52. The Kier molecular flexibility index (Phi) is 8.56. The lowest BCUT2D eigenvalue weighted by molar-refractivity contribution is -0.152. The van der Waals surface area contributed by atoms with Gasteiger partial charge in [-0.15, -0.1) is 0 Å². The third-order valence-electron chi connectivity index (χ3n) is 5.01. The molecular weight excluding hydrogens is 422 g/mol. The maximum absolute atomic E-state index is 12.6. The number of rotatable bonds is 8. The third-order valence-corrected chi connectivity index (χ3v) is 6.47. The van der Waals surface area contributed by atoms with E-state index in [4.69, 9.17) is 10.00 Å². The second kappa shape index (κ2) is 10.9. The van der Waals surface area contributed by atoms with E-state index in [2.05, 4.69) is 0 Å². The van der Waals surface area contributed by atoms with Crippen LogP contribution in [0.4, 0.5) is 0 Å². The fraction of sp³-hybridized carbons (Fsp3) is 0.524. The number of likely N-dealkylation sites (N-methyl/N-ethyl adjacent to an activating group) is 1. The van der Waals surface area contributed by atoms with Gasteiger partial charge in [0, 0.05) is 20.1 Å². The van der Waals surface area contributed by atoms with Crippen LogP contribution in [0.1, 0.15) is 30.9 Å². The van der Waals surface area contributed by atoms with Gasteiger partial charge < -0.3 is 14.5 Å². The summed E-state index contributed by atoms with van der Waals surface area (Å²) in [6, 6.07) is 8.04. The summed E-state index contributed by atoms with van der Waals surface area (Å²) in [4.78, 5) is 39.5. The molecule has 1 unspecified atom stereocenters. The van der Waals surface area contributed by atoms with Crippen LogP contribution in [0.5, 0.6) is 0 Å². The molecule has 2 amide bonds. The molecule has 1 heterocycles. The normalized spacial score (nSPS) is 16.3. The summed E-state index contributed by atoms with van der Waals surface area (Å²) in [6.45, 7) is 2.45. The topological polar surface area (TPSA) is 125 Å². The average Bonchev–Trinajstić information content (AvgIpc) is 2.73. The monoisotopic (exact) mass is 449 g/mol. The number of nitriles is 1. The van der Waals surface area contributed by atoms with Crippen molar-refractivity contribution in [2.24, 2.45) is 5.92 Å². The summed E-state index contributed by atoms with van der Waals surface area (Å²) in [5.74, 6) is -2.79. The number of ether oxygens (including phenoxy) is 1. The van der Waals surface area contributed by atoms with Gasteiger partial charge in [0.05, 0.1) is 36.5 Å². The molecule has 10 heteroatoms. The number of amides is 2. The number of esters is 1. The Balaban J connectivity index is 1.89. The van der Waals surface area contributed by atoms with E-state index in [1.165, 1.54) is 36.2 Å². The second-order valence-corrected chi connectivity index (χ2v) is 9.59. The number of sulfone groups is 1. The molecular formula is C21H27N3O6S. The van der Waals surface area contributed by atoms with Gasteiger partial charge in [-0.2, -0.15) is 5.26 Å². The number of benzene rings is 1. The number of piperidine rings is 1. The minimum Gasteiger partial charge on any atom is -0.466 e. The van der Waals surface area contributed by atoms with E-state index in [1.807, 2.05) is 6.07 Å². The van der Waals surface area contributed by atoms with Crippen LogP contribution in [0.2, 0.25) is 0 Å². The number of hydrogen-bond donors (Lipinski definition) is 0. The predicted molar refractivity (Wildman–Crippen MR) is 112 cm³/mol. The van der Waals surface area contributed by atoms with E-state index in [0.29, 0.717) is 30.5 Å². The van der Waals surface area contributed by atoms with Crippen LogP contribution >= 0.6 is 0 Å². The highest BCUT2D eigenvalue weighted by Crippen LogP contribution is 2.18. The molecule has 1 aromatic rings. The van der Waals surface area contributed by atoms with Crippen molar-refractivity contribution >= 4 is 27.6 Å². The van der Waals surface area contributed by atoms with Crippen molar-refractivity contribution < 1.29 is 27.5 Å². The molecule has 0 saturated carbocycles. The van der Waals surface area contributed by atoms with E-state index in [1.54, 1.807) is 6.92 Å². The lowest BCUT2D eigenvalue weighted by atomic mass is 9.98. The minimum atomic E-state index is -3.75. The van der Waals surface area contributed by atoms with Crippen LogP contribution in [0.15, 0.2) is 24.3 Å². The third kappa shape index (κ3) is 7.36. The van der Waals surface area contributed by atoms with Crippen molar-refractivity contribution in [3.05, 3.63) is 35.4 Å². The molecule has 9 nitrogen and oxygen atoms in total. The van der Waals surface area contributed by atoms with Crippen LogP contribution in [0.25, 0.3) is 0 Å². The fourth-order valence-electron chi connectivity index (χ4n) is 3.33. The lowest BCUT2D eigenvalue weighted by Gasteiger charge is -2.32. The van der Waals surface area contributed by atoms with Crippen molar-refractivity contribution in [2.75, 3.05) is 39.0 Å². The Labute approximate surface area is 182 Å². The highest BCUT2D eigenvalue weighted by atomic mass is 32.2. The summed E-state index contributed by atoms with van der Waals surface area (Å²) in [7, 11) is -2.37. The molecule has 0 radical (unpaired) electrons. The molecule has 2 rings (SSSR count). The molecule has 168 valence electrons. The van der Waals surface area contributed by atoms with Crippen molar-refractivity contribution in [3.8, 4) is 6.07 Å². The fourth-order valence-corrected chi connectivity index (χ4v) is 4.73. The highest BCUT2D eigenvalue weighted by molar-refractivity contribution is 7.91. The van der Waals surface area contributed by atoms with Crippen LogP contribution in [0, 0.1) is 17.2 Å². The molecule has 1 fully saturated rings. The largest absolute Gasteiger partial charge is 0.466 e. The highest BCUT2D eigenvalue weighted by Gasteiger charge is 2.30. The standard InChI is InChI=1S/C21H27N3O6S/c1-3-30-21(27)18-5-4-10-24(12-18)19(25)13-23(2)20(26)15-31(28,29)14-17-8-6-16(11-22)7-9-17/h6-9,18H,3-5,10,12-15H2,1-2H3. The summed E-state index contributed by atoms with van der Waals surface area (Å²) in [6.07, 6.45) is 1.30. The first kappa shape index (κ1) is 24.3. The molecule has 1 aliphatic heterocycles. The van der Waals surface area contributed by atoms with Crippen LogP contribution in [0.3, 0.4) is 0 Å². The molecule has 1 atom stereocenters. The predicted octanol–water partition coefficient (Wildman–Crippen LogP) is 0.733. The van der Waals surface area contributed by atoms with Crippen molar-refractivity contribution in [2.45, 2.75) is 25.5 Å². The molecule has 1 aliphatic rings. The van der Waals surface area contributed by atoms with Crippen molar-refractivity contribution in [3.63, 3.8) is 0 Å². The summed E-state index contributed by atoms with van der Waals surface area (Å²) in [5, 5.41) is 8.80. The number of nitrogens with zero attached hydrogens (tertiary/aromatic N) is 3. The Bertz CT molecular complexity index is 952. The van der Waals surface area contributed by atoms with Crippen LogP contribution < -0.4 is 0 Å². The van der Waals surface area contributed by atoms with Gasteiger partial charge in [-0.25, -0.2) is 8.42 Å². The van der Waals surface area contributed by atoms with Gasteiger partial charge >= 0.3 is 5.97 Å². The van der Waals surface area contributed by atoms with Gasteiger partial charge in [0.2, 0.25) is 11.8 Å². The van der Waals surface area contributed by atoms with Crippen LogP contribution in [-0.4, -0.2) is 75.0 Å². The Morgan fingerprint density at radius 3 is 2.55 bits per heavy atom. The number of likely N-dealkylation sites (tertiary alicyclic amines) is 1.